The van der Waals surface area contributed by atoms with Gasteiger partial charge in [0, 0.05) is 31.7 Å². The smallest absolute Gasteiger partial charge is 0.226 e. The number of aliphatic hydroxyl groups excluding tert-OH is 1. The van der Waals surface area contributed by atoms with E-state index in [-0.39, 0.29) is 42.2 Å². The van der Waals surface area contributed by atoms with Crippen LogP contribution in [-0.4, -0.2) is 65.7 Å². The lowest BCUT2D eigenvalue weighted by atomic mass is 9.88. The molecule has 0 unspecified atom stereocenters. The van der Waals surface area contributed by atoms with Crippen LogP contribution in [0.5, 0.6) is 0 Å². The van der Waals surface area contributed by atoms with E-state index in [1.54, 1.807) is 0 Å². The number of unbranched alkanes of at least 4 members (excludes halogenated alkanes) is 2. The number of nitrogens with one attached hydrogen (secondary N) is 2. The Labute approximate surface area is 247 Å². The molecule has 0 radical (unpaired) electrons. The summed E-state index contributed by atoms with van der Waals surface area (Å²) in [5, 5.41) is 17.9. The van der Waals surface area contributed by atoms with Crippen molar-refractivity contribution in [3.8, 4) is 0 Å². The number of carbonyl (C=O) groups is 2. The highest BCUT2D eigenvalue weighted by atomic mass is 19.1. The van der Waals surface area contributed by atoms with Crippen molar-refractivity contribution in [1.82, 2.24) is 15.5 Å². The molecule has 1 aliphatic carbocycles. The fraction of sp³-hybridized carbons (Fsp3) is 0.576. The maximum atomic E-state index is 14.1. The standard InChI is InChI=1S/C33H43F2N3O4/c1-2-3-7-12-38-19-27(30(33(38)41)23-10-11-23)32(40)37-29(15-22-13-24(34)16-25(35)14-22)31(39)28-17-26(18-36-28)42-20-21-8-5-4-6-9-21/h4-6,8-9,13-14,16,23,26-31,36,39H,2-3,7,10-12,15,17-20H2,1H3,(H,37,40)/t26-,27-,28-,29+,30+,31-/m1/s1. The molecule has 7 nitrogen and oxygen atoms in total. The van der Waals surface area contributed by atoms with Crippen LogP contribution < -0.4 is 10.6 Å². The third kappa shape index (κ3) is 7.74. The molecule has 1 saturated carbocycles. The average molecular weight is 584 g/mol. The van der Waals surface area contributed by atoms with Crippen molar-refractivity contribution in [2.45, 2.75) is 82.8 Å². The van der Waals surface area contributed by atoms with E-state index in [9.17, 15) is 23.5 Å². The summed E-state index contributed by atoms with van der Waals surface area (Å²) in [6.07, 6.45) is 4.26. The summed E-state index contributed by atoms with van der Waals surface area (Å²) in [5.41, 5.74) is 1.40. The fourth-order valence-electron chi connectivity index (χ4n) is 6.53. The lowest BCUT2D eigenvalue weighted by molar-refractivity contribution is -0.134. The predicted octanol–water partition coefficient (Wildman–Crippen LogP) is 3.98. The van der Waals surface area contributed by atoms with Crippen LogP contribution in [0.2, 0.25) is 0 Å². The van der Waals surface area contributed by atoms with Gasteiger partial charge in [0.2, 0.25) is 11.8 Å². The normalized spacial score (nSPS) is 25.5. The number of ether oxygens (including phenoxy) is 1. The molecule has 3 N–H and O–H groups in total. The molecule has 5 rings (SSSR count). The molecule has 3 aliphatic rings. The first-order valence-electron chi connectivity index (χ1n) is 15.4. The number of aliphatic hydroxyl groups is 1. The molecule has 2 amide bonds. The topological polar surface area (TPSA) is 90.9 Å². The summed E-state index contributed by atoms with van der Waals surface area (Å²) in [6, 6.07) is 11.9. The molecule has 2 aromatic rings. The van der Waals surface area contributed by atoms with Crippen LogP contribution in [0.15, 0.2) is 48.5 Å². The lowest BCUT2D eigenvalue weighted by Crippen LogP contribution is -2.54. The van der Waals surface area contributed by atoms with Gasteiger partial charge in [-0.1, -0.05) is 50.1 Å². The number of likely N-dealkylation sites (tertiary alicyclic amines) is 1. The summed E-state index contributed by atoms with van der Waals surface area (Å²) in [5.74, 6) is -2.31. The molecule has 2 aliphatic heterocycles. The third-order valence-electron chi connectivity index (χ3n) is 8.93. The third-order valence-corrected chi connectivity index (χ3v) is 8.93. The Balaban J connectivity index is 1.28. The highest BCUT2D eigenvalue weighted by Gasteiger charge is 2.51. The van der Waals surface area contributed by atoms with E-state index in [0.717, 1.165) is 43.7 Å². The molecule has 0 bridgehead atoms. The highest BCUT2D eigenvalue weighted by Crippen LogP contribution is 2.45. The van der Waals surface area contributed by atoms with Gasteiger partial charge in [-0.2, -0.15) is 0 Å². The number of rotatable bonds is 14. The number of hydrogen-bond donors (Lipinski definition) is 3. The van der Waals surface area contributed by atoms with E-state index in [4.69, 9.17) is 4.74 Å². The first kappa shape index (κ1) is 30.6. The van der Waals surface area contributed by atoms with Gasteiger partial charge in [-0.3, -0.25) is 9.59 Å². The maximum Gasteiger partial charge on any atom is 0.226 e. The van der Waals surface area contributed by atoms with Crippen molar-refractivity contribution in [1.29, 1.82) is 0 Å². The molecule has 9 heteroatoms. The zero-order valence-corrected chi connectivity index (χ0v) is 24.3. The minimum atomic E-state index is -1.04. The molecule has 0 spiro atoms. The van der Waals surface area contributed by atoms with E-state index in [1.165, 1.54) is 12.1 Å². The Kier molecular flexibility index (Phi) is 10.2. The number of nitrogens with zero attached hydrogens (tertiary/aromatic N) is 1. The Morgan fingerprint density at radius 2 is 1.86 bits per heavy atom. The molecule has 42 heavy (non-hydrogen) atoms. The molecule has 3 fully saturated rings. The molecule has 2 saturated heterocycles. The number of amides is 2. The molecular weight excluding hydrogens is 540 g/mol. The number of halogens is 2. The molecule has 6 atom stereocenters. The van der Waals surface area contributed by atoms with Crippen molar-refractivity contribution >= 4 is 11.8 Å². The first-order valence-corrected chi connectivity index (χ1v) is 15.4. The summed E-state index contributed by atoms with van der Waals surface area (Å²) in [4.78, 5) is 28.9. The van der Waals surface area contributed by atoms with Crippen LogP contribution in [0, 0.1) is 29.4 Å². The molecule has 2 aromatic carbocycles. The maximum absolute atomic E-state index is 14.1. The van der Waals surface area contributed by atoms with Crippen molar-refractivity contribution in [2.75, 3.05) is 19.6 Å². The highest BCUT2D eigenvalue weighted by molar-refractivity contribution is 5.91. The van der Waals surface area contributed by atoms with Gasteiger partial charge in [-0.15, -0.1) is 0 Å². The Hall–Kier alpha value is -2.88. The zero-order valence-electron chi connectivity index (χ0n) is 24.3. The van der Waals surface area contributed by atoms with Crippen LogP contribution in [0.4, 0.5) is 8.78 Å². The SMILES string of the molecule is CCCCCN1C[C@@H](C(=O)N[C@@H](Cc2cc(F)cc(F)c2)[C@H](O)[C@H]2C[C@@H](OCc3ccccc3)CN2)[C@H](C2CC2)C1=O. The van der Waals surface area contributed by atoms with Gasteiger partial charge in [0.1, 0.15) is 11.6 Å². The fourth-order valence-corrected chi connectivity index (χ4v) is 6.53. The van der Waals surface area contributed by atoms with Crippen LogP contribution in [0.25, 0.3) is 0 Å². The summed E-state index contributed by atoms with van der Waals surface area (Å²) >= 11 is 0. The van der Waals surface area contributed by atoms with E-state index in [0.29, 0.717) is 38.2 Å². The Morgan fingerprint density at radius 1 is 1.12 bits per heavy atom. The second-order valence-electron chi connectivity index (χ2n) is 12.2. The van der Waals surface area contributed by atoms with E-state index < -0.39 is 29.7 Å². The van der Waals surface area contributed by atoms with Gasteiger partial charge < -0.3 is 25.4 Å². The van der Waals surface area contributed by atoms with Gasteiger partial charge in [-0.25, -0.2) is 8.78 Å². The van der Waals surface area contributed by atoms with E-state index in [2.05, 4.69) is 17.6 Å². The van der Waals surface area contributed by atoms with Gasteiger partial charge in [0.15, 0.2) is 0 Å². The largest absolute Gasteiger partial charge is 0.389 e. The van der Waals surface area contributed by atoms with Crippen molar-refractivity contribution in [3.63, 3.8) is 0 Å². The van der Waals surface area contributed by atoms with Crippen LogP contribution >= 0.6 is 0 Å². The lowest BCUT2D eigenvalue weighted by Gasteiger charge is -2.30. The Morgan fingerprint density at radius 3 is 2.55 bits per heavy atom. The first-order chi connectivity index (χ1) is 20.3. The van der Waals surface area contributed by atoms with Crippen molar-refractivity contribution in [2.24, 2.45) is 17.8 Å². The van der Waals surface area contributed by atoms with Crippen LogP contribution in [0.1, 0.15) is 56.6 Å². The molecular formula is C33H43F2N3O4. The predicted molar refractivity (Wildman–Crippen MR) is 155 cm³/mol. The minimum absolute atomic E-state index is 0.0459. The summed E-state index contributed by atoms with van der Waals surface area (Å²) in [7, 11) is 0. The summed E-state index contributed by atoms with van der Waals surface area (Å²) < 4.78 is 34.2. The van der Waals surface area contributed by atoms with Gasteiger partial charge in [-0.05, 0) is 61.3 Å². The van der Waals surface area contributed by atoms with Gasteiger partial charge in [0.25, 0.3) is 0 Å². The van der Waals surface area contributed by atoms with Crippen molar-refractivity contribution in [3.05, 3.63) is 71.3 Å². The monoisotopic (exact) mass is 583 g/mol. The van der Waals surface area contributed by atoms with Crippen LogP contribution in [-0.2, 0) is 27.4 Å². The number of hydrogen-bond acceptors (Lipinski definition) is 5. The van der Waals surface area contributed by atoms with Gasteiger partial charge in [0.05, 0.1) is 36.7 Å². The average Bonchev–Trinajstić information content (AvgIpc) is 3.59. The molecule has 0 aromatic heterocycles. The van der Waals surface area contributed by atoms with Gasteiger partial charge >= 0.3 is 0 Å². The zero-order chi connectivity index (χ0) is 29.6. The van der Waals surface area contributed by atoms with Crippen LogP contribution in [0.3, 0.4) is 0 Å². The quantitative estimate of drug-likeness (QED) is 0.293. The second kappa shape index (κ2) is 14.1. The minimum Gasteiger partial charge on any atom is -0.389 e. The van der Waals surface area contributed by atoms with Crippen molar-refractivity contribution < 1.29 is 28.2 Å². The van der Waals surface area contributed by atoms with E-state index >= 15 is 0 Å². The Bertz CT molecular complexity index is 1190. The number of benzene rings is 2. The second-order valence-corrected chi connectivity index (χ2v) is 12.2. The number of carbonyl (C=O) groups excluding carboxylic acids is 2. The van der Waals surface area contributed by atoms with E-state index in [1.807, 2.05) is 35.2 Å². The molecule has 228 valence electrons. The molecule has 2 heterocycles. The summed E-state index contributed by atoms with van der Waals surface area (Å²) in [6.45, 7) is 4.11.